The molecule has 47 heavy (non-hydrogen) atoms. The van der Waals surface area contributed by atoms with Gasteiger partial charge in [-0.05, 0) is 56.2 Å². The van der Waals surface area contributed by atoms with Crippen molar-refractivity contribution in [1.82, 2.24) is 4.57 Å². The van der Waals surface area contributed by atoms with Crippen LogP contribution in [0.15, 0.2) is 92.4 Å². The van der Waals surface area contributed by atoms with E-state index in [1.165, 1.54) is 16.9 Å². The first-order valence-electron chi connectivity index (χ1n) is 15.8. The molecule has 1 atom stereocenters. The molecule has 4 heterocycles. The van der Waals surface area contributed by atoms with Crippen LogP contribution in [-0.2, 0) is 14.3 Å². The third kappa shape index (κ3) is 6.10. The van der Waals surface area contributed by atoms with E-state index in [1.54, 1.807) is 49.1 Å². The Labute approximate surface area is 275 Å². The van der Waals surface area contributed by atoms with Crippen molar-refractivity contribution in [3.05, 3.63) is 115 Å². The molecule has 0 bridgehead atoms. The Balaban J connectivity index is 1.43. The highest BCUT2D eigenvalue weighted by Crippen LogP contribution is 2.36. The fourth-order valence-corrected chi connectivity index (χ4v) is 7.16. The molecular formula is C36H35N3O7S. The van der Waals surface area contributed by atoms with E-state index in [4.69, 9.17) is 13.9 Å². The molecule has 0 unspecified atom stereocenters. The second-order valence-electron chi connectivity index (χ2n) is 11.3. The number of carbonyl (C=O) groups excluding carboxylic acids is 3. The van der Waals surface area contributed by atoms with E-state index in [0.29, 0.717) is 33.7 Å². The summed E-state index contributed by atoms with van der Waals surface area (Å²) in [5.74, 6) is -1.15. The first kappa shape index (κ1) is 31.9. The fraction of sp³-hybridized carbons (Fsp3) is 0.306. The van der Waals surface area contributed by atoms with E-state index in [2.05, 4.69) is 11.9 Å². The molecule has 0 spiro atoms. The summed E-state index contributed by atoms with van der Waals surface area (Å²) in [6.45, 7) is 6.28. The van der Waals surface area contributed by atoms with Gasteiger partial charge in [0.2, 0.25) is 5.76 Å². The van der Waals surface area contributed by atoms with E-state index in [0.717, 1.165) is 49.1 Å². The van der Waals surface area contributed by atoms with Crippen LogP contribution in [0, 0.1) is 0 Å². The Morgan fingerprint density at radius 1 is 0.936 bits per heavy atom. The Hall–Kier alpha value is -5.03. The normalized spacial score (nSPS) is 16.5. The lowest BCUT2D eigenvalue weighted by Crippen LogP contribution is -2.41. The van der Waals surface area contributed by atoms with Gasteiger partial charge >= 0.3 is 11.9 Å². The summed E-state index contributed by atoms with van der Waals surface area (Å²) >= 11 is 1.14. The number of allylic oxidation sites excluding steroid dienone is 1. The van der Waals surface area contributed by atoms with Gasteiger partial charge in [0, 0.05) is 12.1 Å². The van der Waals surface area contributed by atoms with Crippen molar-refractivity contribution in [3.63, 3.8) is 0 Å². The predicted molar refractivity (Wildman–Crippen MR) is 177 cm³/mol. The largest absolute Gasteiger partial charge is 0.463 e. The number of esters is 2. The molecule has 0 radical (unpaired) electrons. The van der Waals surface area contributed by atoms with Crippen molar-refractivity contribution in [3.8, 4) is 5.75 Å². The first-order valence-corrected chi connectivity index (χ1v) is 16.6. The van der Waals surface area contributed by atoms with Crippen LogP contribution in [0.4, 0.5) is 5.69 Å². The number of hydrogen-bond acceptors (Lipinski definition) is 9. The first-order chi connectivity index (χ1) is 22.8. The van der Waals surface area contributed by atoms with E-state index in [1.807, 2.05) is 24.3 Å². The minimum absolute atomic E-state index is 0.0590. The lowest BCUT2D eigenvalue weighted by atomic mass is 9.96. The summed E-state index contributed by atoms with van der Waals surface area (Å²) in [6.07, 6.45) is 6.67. The van der Waals surface area contributed by atoms with E-state index in [-0.39, 0.29) is 34.1 Å². The molecule has 2 aromatic carbocycles. The molecule has 2 aliphatic heterocycles. The van der Waals surface area contributed by atoms with Crippen LogP contribution in [0.5, 0.6) is 5.75 Å². The molecule has 242 valence electrons. The summed E-state index contributed by atoms with van der Waals surface area (Å²) in [5, 5.41) is 0. The molecule has 0 saturated carbocycles. The summed E-state index contributed by atoms with van der Waals surface area (Å²) in [7, 11) is 0. The zero-order valence-corrected chi connectivity index (χ0v) is 27.3. The third-order valence-corrected chi connectivity index (χ3v) is 9.31. The summed E-state index contributed by atoms with van der Waals surface area (Å²) in [6, 6.07) is 16.3. The molecule has 2 aliphatic rings. The van der Waals surface area contributed by atoms with Gasteiger partial charge in [0.1, 0.15) is 10.3 Å². The molecule has 10 nitrogen and oxygen atoms in total. The topological polar surface area (TPSA) is 120 Å². The maximum absolute atomic E-state index is 14.4. The number of unbranched alkanes of at least 4 members (excludes halogenated alkanes) is 4. The van der Waals surface area contributed by atoms with Gasteiger partial charge < -0.3 is 18.8 Å². The van der Waals surface area contributed by atoms with E-state index in [9.17, 15) is 19.2 Å². The van der Waals surface area contributed by atoms with Crippen molar-refractivity contribution in [1.29, 1.82) is 0 Å². The maximum atomic E-state index is 14.4. The smallest absolute Gasteiger partial charge is 0.379 e. The number of furan rings is 1. The number of nitrogens with zero attached hydrogens (tertiary/aromatic N) is 3. The maximum Gasteiger partial charge on any atom is 0.379 e. The second-order valence-corrected chi connectivity index (χ2v) is 12.3. The van der Waals surface area contributed by atoms with Gasteiger partial charge in [-0.25, -0.2) is 14.6 Å². The van der Waals surface area contributed by atoms with Crippen LogP contribution in [0.3, 0.4) is 0 Å². The van der Waals surface area contributed by atoms with Gasteiger partial charge in [-0.3, -0.25) is 14.2 Å². The molecule has 0 fully saturated rings. The van der Waals surface area contributed by atoms with Crippen molar-refractivity contribution in [2.75, 3.05) is 18.1 Å². The van der Waals surface area contributed by atoms with Gasteiger partial charge in [-0.2, -0.15) is 0 Å². The number of carbonyl (C=O) groups is 3. The van der Waals surface area contributed by atoms with Crippen LogP contribution in [-0.4, -0.2) is 35.6 Å². The number of benzene rings is 2. The zero-order chi connectivity index (χ0) is 33.1. The lowest BCUT2D eigenvalue weighted by molar-refractivity contribution is -0.139. The van der Waals surface area contributed by atoms with Crippen LogP contribution < -0.4 is 24.5 Å². The quantitative estimate of drug-likeness (QED) is 0.122. The Morgan fingerprint density at radius 2 is 1.70 bits per heavy atom. The Morgan fingerprint density at radius 3 is 2.43 bits per heavy atom. The molecule has 0 N–H and O–H groups in total. The van der Waals surface area contributed by atoms with Crippen molar-refractivity contribution in [2.45, 2.75) is 58.9 Å². The highest BCUT2D eigenvalue weighted by molar-refractivity contribution is 7.07. The third-order valence-electron chi connectivity index (χ3n) is 8.26. The summed E-state index contributed by atoms with van der Waals surface area (Å²) in [5.41, 5.74) is 2.60. The SMILES string of the molecule is CCCCCCCN1C(=O)/C(=c2\sc3n(c2=O)[C@@H](c2ccc(OC(=O)c4ccco4)cc2)C(C(=O)OCC)=C(C)N=3)c2ccccc21. The number of ether oxygens (including phenoxy) is 2. The number of para-hydroxylation sites is 1. The van der Waals surface area contributed by atoms with Gasteiger partial charge in [0.15, 0.2) is 4.80 Å². The van der Waals surface area contributed by atoms with Crippen molar-refractivity contribution >= 4 is 40.4 Å². The number of hydrogen-bond donors (Lipinski definition) is 0. The monoisotopic (exact) mass is 653 g/mol. The van der Waals surface area contributed by atoms with Gasteiger partial charge in [-0.1, -0.05) is 74.3 Å². The number of rotatable bonds is 11. The molecule has 1 amide bonds. The molecule has 0 aliphatic carbocycles. The average Bonchev–Trinajstić information content (AvgIpc) is 3.78. The Kier molecular flexibility index (Phi) is 9.35. The predicted octanol–water partition coefficient (Wildman–Crippen LogP) is 5.30. The standard InChI is InChI=1S/C36H35N3O7S/c1-4-6-7-8-11-20-38-26-14-10-9-13-25(26)29(32(38)40)31-33(41)39-30(28(35(43)44-5-2)22(3)37-36(39)47-31)23-16-18-24(19-17-23)46-34(42)27-15-12-21-45-27/h9-10,12-19,21,30H,4-8,11,20H2,1-3H3/b31-29-/t30-/m0/s1. The number of amides is 1. The zero-order valence-electron chi connectivity index (χ0n) is 26.5. The van der Waals surface area contributed by atoms with Crippen LogP contribution in [0.2, 0.25) is 0 Å². The van der Waals surface area contributed by atoms with Gasteiger partial charge in [0.25, 0.3) is 11.5 Å². The van der Waals surface area contributed by atoms with E-state index >= 15 is 0 Å². The molecule has 0 saturated heterocycles. The molecule has 4 aromatic rings. The minimum Gasteiger partial charge on any atom is -0.463 e. The number of anilines is 1. The summed E-state index contributed by atoms with van der Waals surface area (Å²) < 4.78 is 17.7. The highest BCUT2D eigenvalue weighted by atomic mass is 32.1. The fourth-order valence-electron chi connectivity index (χ4n) is 6.02. The molecular weight excluding hydrogens is 618 g/mol. The van der Waals surface area contributed by atoms with Crippen molar-refractivity contribution in [2.24, 2.45) is 4.99 Å². The van der Waals surface area contributed by atoms with Gasteiger partial charge in [0.05, 0.1) is 41.4 Å². The van der Waals surface area contributed by atoms with E-state index < -0.39 is 23.5 Å². The number of aromatic nitrogens is 1. The minimum atomic E-state index is -0.893. The average molecular weight is 654 g/mol. The molecule has 2 aromatic heterocycles. The highest BCUT2D eigenvalue weighted by Gasteiger charge is 2.37. The summed E-state index contributed by atoms with van der Waals surface area (Å²) in [4.78, 5) is 61.0. The number of fused-ring (bicyclic) bond motifs is 2. The van der Waals surface area contributed by atoms with Crippen LogP contribution in [0.1, 0.15) is 80.6 Å². The molecule has 6 rings (SSSR count). The molecule has 11 heteroatoms. The van der Waals surface area contributed by atoms with Crippen molar-refractivity contribution < 1.29 is 28.3 Å². The lowest BCUT2D eigenvalue weighted by Gasteiger charge is -2.24. The number of thiazole rings is 1. The van der Waals surface area contributed by atoms with Crippen LogP contribution >= 0.6 is 11.3 Å². The Bertz CT molecular complexity index is 2040. The van der Waals surface area contributed by atoms with Gasteiger partial charge in [-0.15, -0.1) is 0 Å². The second kappa shape index (κ2) is 13.8. The van der Waals surface area contributed by atoms with Crippen LogP contribution in [0.25, 0.3) is 5.57 Å².